The second kappa shape index (κ2) is 20.2. The van der Waals surface area contributed by atoms with Crippen LogP contribution in [0.3, 0.4) is 0 Å². The molecule has 0 fully saturated rings. The van der Waals surface area contributed by atoms with Gasteiger partial charge in [-0.05, 0) is 73.6 Å². The summed E-state index contributed by atoms with van der Waals surface area (Å²) in [6.45, 7) is 22.9. The number of ether oxygens (including phenoxy) is 1. The van der Waals surface area contributed by atoms with E-state index in [9.17, 15) is 9.90 Å². The standard InChI is InChI=1S/C20H39O3Si.2C3H8O.Ti/c1-9-10-11-12-13-14-15-20(17(2)21,16-24(6,7)8)18(22)23-19(3,4)5;2*1-3(2)4;/h14-17,21H,9-13H2,1-8H3;2*3-4H,1-2H3;/q-1;;;/b15-14+;;;/t17-,20-;;;/m0.../s1. The molecule has 0 aromatic rings. The first-order valence-corrected chi connectivity index (χ1v) is 15.7. The van der Waals surface area contributed by atoms with Crippen LogP contribution in [0, 0.1) is 11.5 Å². The summed E-state index contributed by atoms with van der Waals surface area (Å²) in [5.41, 5.74) is -1.62. The van der Waals surface area contributed by atoms with E-state index >= 15 is 0 Å². The van der Waals surface area contributed by atoms with Gasteiger partial charge in [0.2, 0.25) is 0 Å². The van der Waals surface area contributed by atoms with Crippen molar-refractivity contribution < 1.29 is 46.6 Å². The van der Waals surface area contributed by atoms with Gasteiger partial charge >= 0.3 is 0 Å². The van der Waals surface area contributed by atoms with Crippen LogP contribution in [-0.4, -0.2) is 53.3 Å². The van der Waals surface area contributed by atoms with Crippen LogP contribution in [0.2, 0.25) is 19.6 Å². The summed E-state index contributed by atoms with van der Waals surface area (Å²) in [4.78, 5) is 12.9. The molecule has 5 nitrogen and oxygen atoms in total. The Kier molecular flexibility index (Phi) is 24.7. The minimum absolute atomic E-state index is 0. The third-order valence-electron chi connectivity index (χ3n) is 3.73. The predicted molar refractivity (Wildman–Crippen MR) is 140 cm³/mol. The van der Waals surface area contributed by atoms with E-state index in [-0.39, 0.29) is 39.9 Å². The molecule has 0 aliphatic heterocycles. The van der Waals surface area contributed by atoms with Crippen molar-refractivity contribution in [3.05, 3.63) is 18.2 Å². The Morgan fingerprint density at radius 2 is 1.36 bits per heavy atom. The molecule has 0 aliphatic rings. The smallest absolute Gasteiger partial charge is 0.288 e. The van der Waals surface area contributed by atoms with Gasteiger partial charge in [0.1, 0.15) is 5.60 Å². The van der Waals surface area contributed by atoms with Gasteiger partial charge in [-0.2, -0.15) is 0 Å². The van der Waals surface area contributed by atoms with Crippen LogP contribution in [0.15, 0.2) is 12.2 Å². The number of unbranched alkanes of at least 4 members (excludes halogenated alkanes) is 4. The monoisotopic (exact) mass is 523 g/mol. The maximum absolute atomic E-state index is 12.9. The summed E-state index contributed by atoms with van der Waals surface area (Å²) >= 11 is 0. The van der Waals surface area contributed by atoms with Gasteiger partial charge in [0, 0.05) is 40.0 Å². The first kappa shape index (κ1) is 40.2. The Bertz CT molecular complexity index is 482. The van der Waals surface area contributed by atoms with Gasteiger partial charge in [-0.3, -0.25) is 4.79 Å². The number of aliphatic hydroxyl groups is 3. The van der Waals surface area contributed by atoms with Gasteiger partial charge in [0.15, 0.2) is 0 Å². The summed E-state index contributed by atoms with van der Waals surface area (Å²) in [6, 6.07) is 2.06. The summed E-state index contributed by atoms with van der Waals surface area (Å²) in [7, 11) is -1.71. The van der Waals surface area contributed by atoms with Crippen molar-refractivity contribution in [2.24, 2.45) is 5.41 Å². The van der Waals surface area contributed by atoms with Crippen LogP contribution in [0.5, 0.6) is 0 Å². The van der Waals surface area contributed by atoms with E-state index < -0.39 is 25.2 Å². The molecule has 0 saturated carbocycles. The maximum atomic E-state index is 12.9. The van der Waals surface area contributed by atoms with Crippen LogP contribution in [-0.2, 0) is 31.2 Å². The van der Waals surface area contributed by atoms with E-state index in [1.54, 1.807) is 34.6 Å². The van der Waals surface area contributed by atoms with Crippen molar-refractivity contribution >= 4 is 14.0 Å². The number of rotatable bonds is 10. The molecule has 0 unspecified atom stereocenters. The number of allylic oxidation sites excluding steroid dienone is 1. The van der Waals surface area contributed by atoms with E-state index in [4.69, 9.17) is 14.9 Å². The van der Waals surface area contributed by atoms with Crippen molar-refractivity contribution in [2.45, 2.75) is 138 Å². The number of carbonyl (C=O) groups excluding carboxylic acids is 1. The van der Waals surface area contributed by atoms with Crippen LogP contribution < -0.4 is 0 Å². The zero-order chi connectivity index (χ0) is 26.2. The molecular formula is C26H55O5SiTi-. The topological polar surface area (TPSA) is 87.0 Å². The molecule has 198 valence electrons. The Balaban J connectivity index is -0.000000401. The molecule has 7 heteroatoms. The summed E-state index contributed by atoms with van der Waals surface area (Å²) in [6.07, 6.45) is 8.47. The molecule has 0 aliphatic carbocycles. The summed E-state index contributed by atoms with van der Waals surface area (Å²) in [5, 5.41) is 26.6. The zero-order valence-corrected chi connectivity index (χ0v) is 26.2. The normalized spacial score (nSPS) is 14.5. The van der Waals surface area contributed by atoms with Crippen LogP contribution >= 0.6 is 0 Å². The average molecular weight is 524 g/mol. The maximum Gasteiger partial charge on any atom is 0.288 e. The van der Waals surface area contributed by atoms with Crippen LogP contribution in [0.4, 0.5) is 0 Å². The van der Waals surface area contributed by atoms with Crippen molar-refractivity contribution in [3.8, 4) is 0 Å². The van der Waals surface area contributed by atoms with Crippen molar-refractivity contribution in [1.82, 2.24) is 0 Å². The van der Waals surface area contributed by atoms with Gasteiger partial charge in [-0.25, -0.2) is 0 Å². The number of aliphatic hydroxyl groups excluding tert-OH is 3. The predicted octanol–water partition coefficient (Wildman–Crippen LogP) is 6.08. The number of esters is 1. The molecule has 0 radical (unpaired) electrons. The van der Waals surface area contributed by atoms with E-state index in [0.29, 0.717) is 0 Å². The Hall–Kier alpha value is 0.0212. The molecule has 0 saturated heterocycles. The SMILES string of the molecule is CC(C)O.CC(C)O.CCCCCC/C=C/[C@@]([CH-][Si](C)(C)C)(C(=O)OC(C)(C)C)[C@H](C)O.[Ti]. The van der Waals surface area contributed by atoms with Gasteiger partial charge in [0.05, 0.1) is 0 Å². The third-order valence-corrected chi connectivity index (χ3v) is 5.08. The molecule has 0 aromatic heterocycles. The zero-order valence-electron chi connectivity index (χ0n) is 23.7. The van der Waals surface area contributed by atoms with Gasteiger partial charge in [-0.1, -0.05) is 58.0 Å². The summed E-state index contributed by atoms with van der Waals surface area (Å²) < 4.78 is 5.65. The third kappa shape index (κ3) is 28.1. The fourth-order valence-electron chi connectivity index (χ4n) is 2.66. The van der Waals surface area contributed by atoms with Crippen LogP contribution in [0.25, 0.3) is 0 Å². The van der Waals surface area contributed by atoms with Crippen molar-refractivity contribution in [3.63, 3.8) is 0 Å². The molecule has 3 N–H and O–H groups in total. The molecule has 0 aromatic carbocycles. The second-order valence-corrected chi connectivity index (χ2v) is 16.1. The quantitative estimate of drug-likeness (QED) is 0.106. The molecule has 0 spiro atoms. The fourth-order valence-corrected chi connectivity index (χ4v) is 4.54. The second-order valence-electron chi connectivity index (χ2n) is 11.1. The van der Waals surface area contributed by atoms with Gasteiger partial charge in [-0.15, -0.1) is 8.07 Å². The first-order valence-electron chi connectivity index (χ1n) is 12.1. The minimum Gasteiger partial charge on any atom is -0.461 e. The van der Waals surface area contributed by atoms with E-state index in [2.05, 4.69) is 32.6 Å². The first-order chi connectivity index (χ1) is 14.3. The minimum atomic E-state index is -1.71. The van der Waals surface area contributed by atoms with E-state index in [0.717, 1.165) is 12.8 Å². The number of hydrogen-bond donors (Lipinski definition) is 3. The largest absolute Gasteiger partial charge is 0.461 e. The fraction of sp³-hybridized carbons (Fsp3) is 0.846. The van der Waals surface area contributed by atoms with E-state index in [1.807, 2.05) is 32.9 Å². The summed E-state index contributed by atoms with van der Waals surface area (Å²) in [5.74, 6) is -0.350. The Labute approximate surface area is 221 Å². The van der Waals surface area contributed by atoms with E-state index in [1.165, 1.54) is 19.3 Å². The van der Waals surface area contributed by atoms with Crippen LogP contribution in [0.1, 0.15) is 94.4 Å². The van der Waals surface area contributed by atoms with Crippen molar-refractivity contribution in [1.29, 1.82) is 0 Å². The Morgan fingerprint density at radius 3 is 1.67 bits per heavy atom. The number of carbonyl (C=O) groups is 1. The number of hydrogen-bond acceptors (Lipinski definition) is 5. The van der Waals surface area contributed by atoms with Crippen molar-refractivity contribution in [2.75, 3.05) is 0 Å². The molecule has 2 atom stereocenters. The average Bonchev–Trinajstić information content (AvgIpc) is 2.52. The molecule has 33 heavy (non-hydrogen) atoms. The van der Waals surface area contributed by atoms with Gasteiger partial charge in [0.25, 0.3) is 5.97 Å². The Morgan fingerprint density at radius 1 is 0.939 bits per heavy atom. The molecule has 0 bridgehead atoms. The molecule has 0 rings (SSSR count). The molecular weight excluding hydrogens is 468 g/mol. The van der Waals surface area contributed by atoms with Gasteiger partial charge < -0.3 is 26.1 Å². The molecule has 0 heterocycles. The molecule has 0 amide bonds.